The maximum absolute atomic E-state index is 12.3. The van der Waals surface area contributed by atoms with Gasteiger partial charge in [-0.3, -0.25) is 0 Å². The smallest absolute Gasteiger partial charge is 0.338 e. The van der Waals surface area contributed by atoms with Crippen molar-refractivity contribution in [1.82, 2.24) is 15.6 Å². The summed E-state index contributed by atoms with van der Waals surface area (Å²) in [5.41, 5.74) is 4.70. The molecule has 1 aliphatic heterocycles. The highest BCUT2D eigenvalue weighted by molar-refractivity contribution is 7.99. The standard InChI is InChI=1S/C34H35N3O6S/c1-22-29(21-44-31-28(32(39)40)8-5-17-35-31)42-33(43-30(22)26-13-11-25(20-38)12-14-26)27-15-9-24(10-16-27)19-37-34(41)36-18-23-6-3-2-4-7-23/h2-17,22,29-30,33,38H,18-21H2,1H3,(H,39,40)(H2,36,37,41). The molecule has 228 valence electrons. The van der Waals surface area contributed by atoms with E-state index in [1.807, 2.05) is 78.9 Å². The highest BCUT2D eigenvalue weighted by atomic mass is 32.2. The van der Waals surface area contributed by atoms with Crippen molar-refractivity contribution in [2.24, 2.45) is 5.92 Å². The zero-order chi connectivity index (χ0) is 30.9. The molecule has 2 heterocycles. The van der Waals surface area contributed by atoms with Crippen molar-refractivity contribution in [3.63, 3.8) is 0 Å². The summed E-state index contributed by atoms with van der Waals surface area (Å²) < 4.78 is 13.0. The fourth-order valence-corrected chi connectivity index (χ4v) is 6.11. The second-order valence-electron chi connectivity index (χ2n) is 10.6. The molecule has 4 N–H and O–H groups in total. The molecular weight excluding hydrogens is 578 g/mol. The number of aliphatic hydroxyl groups excluding tert-OH is 1. The Kier molecular flexibility index (Phi) is 10.6. The number of benzene rings is 3. The number of carboxylic acids is 1. The number of hydrogen-bond acceptors (Lipinski definition) is 7. The normalized spacial score (nSPS) is 19.7. The second kappa shape index (κ2) is 15.0. The number of amides is 2. The van der Waals surface area contributed by atoms with Crippen molar-refractivity contribution in [2.45, 2.75) is 50.1 Å². The third-order valence-electron chi connectivity index (χ3n) is 7.51. The Balaban J connectivity index is 1.27. The number of pyridine rings is 1. The van der Waals surface area contributed by atoms with Crippen LogP contribution in [0, 0.1) is 5.92 Å². The number of aliphatic hydroxyl groups is 1. The van der Waals surface area contributed by atoms with Crippen LogP contribution >= 0.6 is 11.8 Å². The minimum absolute atomic E-state index is 0.0434. The number of rotatable bonds is 11. The van der Waals surface area contributed by atoms with Gasteiger partial charge in [0, 0.05) is 36.5 Å². The van der Waals surface area contributed by atoms with Gasteiger partial charge in [-0.1, -0.05) is 85.8 Å². The molecule has 44 heavy (non-hydrogen) atoms. The van der Waals surface area contributed by atoms with Crippen LogP contribution in [0.25, 0.3) is 0 Å². The highest BCUT2D eigenvalue weighted by Crippen LogP contribution is 2.43. The fraction of sp³-hybridized carbons (Fsp3) is 0.265. The Morgan fingerprint density at radius 3 is 2.11 bits per heavy atom. The summed E-state index contributed by atoms with van der Waals surface area (Å²) in [5, 5.41) is 25.3. The van der Waals surface area contributed by atoms with E-state index >= 15 is 0 Å². The minimum atomic E-state index is -1.02. The third kappa shape index (κ3) is 8.03. The summed E-state index contributed by atoms with van der Waals surface area (Å²) >= 11 is 1.35. The van der Waals surface area contributed by atoms with Gasteiger partial charge in [0.1, 0.15) is 5.03 Å². The van der Waals surface area contributed by atoms with Gasteiger partial charge in [-0.15, -0.1) is 11.8 Å². The van der Waals surface area contributed by atoms with E-state index in [0.29, 0.717) is 23.9 Å². The topological polar surface area (TPSA) is 130 Å². The second-order valence-corrected chi connectivity index (χ2v) is 11.6. The maximum Gasteiger partial charge on any atom is 0.338 e. The van der Waals surface area contributed by atoms with E-state index in [-0.39, 0.29) is 36.3 Å². The van der Waals surface area contributed by atoms with Gasteiger partial charge in [0.15, 0.2) is 6.29 Å². The van der Waals surface area contributed by atoms with Crippen LogP contribution in [-0.4, -0.2) is 39.1 Å². The zero-order valence-electron chi connectivity index (χ0n) is 24.3. The number of carboxylic acid groups (broad SMARTS) is 1. The summed E-state index contributed by atoms with van der Waals surface area (Å²) in [6.45, 7) is 2.82. The number of ether oxygens (including phenoxy) is 2. The molecule has 1 saturated heterocycles. The predicted molar refractivity (Wildman–Crippen MR) is 167 cm³/mol. The summed E-state index contributed by atoms with van der Waals surface area (Å²) in [4.78, 5) is 28.3. The van der Waals surface area contributed by atoms with E-state index in [9.17, 15) is 19.8 Å². The van der Waals surface area contributed by atoms with Gasteiger partial charge >= 0.3 is 12.0 Å². The molecular formula is C34H35N3O6S. The van der Waals surface area contributed by atoms with Crippen LogP contribution in [-0.2, 0) is 29.2 Å². The van der Waals surface area contributed by atoms with E-state index in [2.05, 4.69) is 22.5 Å². The Bertz CT molecular complexity index is 1540. The lowest BCUT2D eigenvalue weighted by Crippen LogP contribution is -2.38. The molecule has 4 atom stereocenters. The number of aromatic carboxylic acids is 1. The van der Waals surface area contributed by atoms with E-state index < -0.39 is 12.3 Å². The third-order valence-corrected chi connectivity index (χ3v) is 8.60. The number of urea groups is 1. The Hall–Kier alpha value is -4.22. The lowest BCUT2D eigenvalue weighted by Gasteiger charge is -2.41. The van der Waals surface area contributed by atoms with Gasteiger partial charge in [-0.2, -0.15) is 0 Å². The van der Waals surface area contributed by atoms with Gasteiger partial charge in [0.25, 0.3) is 0 Å². The monoisotopic (exact) mass is 613 g/mol. The molecule has 0 bridgehead atoms. The van der Waals surface area contributed by atoms with Crippen molar-refractivity contribution in [2.75, 3.05) is 5.75 Å². The molecule has 0 spiro atoms. The van der Waals surface area contributed by atoms with E-state index in [1.165, 1.54) is 11.8 Å². The molecule has 2 amide bonds. The van der Waals surface area contributed by atoms with E-state index in [4.69, 9.17) is 9.47 Å². The molecule has 4 unspecified atom stereocenters. The number of hydrogen-bond donors (Lipinski definition) is 4. The van der Waals surface area contributed by atoms with E-state index in [1.54, 1.807) is 18.3 Å². The molecule has 9 nitrogen and oxygen atoms in total. The molecule has 1 fully saturated rings. The quantitative estimate of drug-likeness (QED) is 0.155. The molecule has 4 aromatic rings. The number of nitrogens with one attached hydrogen (secondary N) is 2. The van der Waals surface area contributed by atoms with Crippen LogP contribution < -0.4 is 10.6 Å². The molecule has 5 rings (SSSR count). The van der Waals surface area contributed by atoms with Crippen LogP contribution in [0.3, 0.4) is 0 Å². The van der Waals surface area contributed by atoms with Crippen molar-refractivity contribution >= 4 is 23.8 Å². The predicted octanol–water partition coefficient (Wildman–Crippen LogP) is 5.86. The van der Waals surface area contributed by atoms with Crippen LogP contribution in [0.5, 0.6) is 0 Å². The number of aromatic nitrogens is 1. The molecule has 1 aromatic heterocycles. The van der Waals surface area contributed by atoms with Crippen LogP contribution in [0.2, 0.25) is 0 Å². The largest absolute Gasteiger partial charge is 0.478 e. The average Bonchev–Trinajstić information content (AvgIpc) is 3.07. The molecule has 3 aromatic carbocycles. The van der Waals surface area contributed by atoms with Crippen LogP contribution in [0.1, 0.15) is 57.5 Å². The Morgan fingerprint density at radius 1 is 0.818 bits per heavy atom. The number of carbonyl (C=O) groups excluding carboxylic acids is 1. The molecule has 0 radical (unpaired) electrons. The lowest BCUT2D eigenvalue weighted by molar-refractivity contribution is -0.268. The molecule has 0 aliphatic carbocycles. The first-order chi connectivity index (χ1) is 21.4. The molecule has 0 saturated carbocycles. The Labute approximate surface area is 260 Å². The van der Waals surface area contributed by atoms with Crippen molar-refractivity contribution in [3.05, 3.63) is 131 Å². The summed E-state index contributed by atoms with van der Waals surface area (Å²) in [6, 6.07) is 28.0. The number of nitrogens with zero attached hydrogens (tertiary/aromatic N) is 1. The number of thioether (sulfide) groups is 1. The summed E-state index contributed by atoms with van der Waals surface area (Å²) in [6.07, 6.45) is 0.336. The van der Waals surface area contributed by atoms with Gasteiger partial charge in [-0.25, -0.2) is 14.6 Å². The highest BCUT2D eigenvalue weighted by Gasteiger charge is 2.38. The molecule has 1 aliphatic rings. The molecule has 10 heteroatoms. The summed E-state index contributed by atoms with van der Waals surface area (Å²) in [5.74, 6) is -0.609. The van der Waals surface area contributed by atoms with Crippen molar-refractivity contribution < 1.29 is 29.3 Å². The minimum Gasteiger partial charge on any atom is -0.478 e. The fourth-order valence-electron chi connectivity index (χ4n) is 4.96. The van der Waals surface area contributed by atoms with Crippen LogP contribution in [0.4, 0.5) is 4.79 Å². The van der Waals surface area contributed by atoms with E-state index in [0.717, 1.165) is 27.8 Å². The van der Waals surface area contributed by atoms with Gasteiger partial charge in [-0.05, 0) is 34.4 Å². The first-order valence-electron chi connectivity index (χ1n) is 14.4. The SMILES string of the molecule is CC1C(CSc2ncccc2C(=O)O)OC(c2ccc(CNC(=O)NCc3ccccc3)cc2)OC1c1ccc(CO)cc1. The average molecular weight is 614 g/mol. The lowest BCUT2D eigenvalue weighted by atomic mass is 9.91. The van der Waals surface area contributed by atoms with Crippen molar-refractivity contribution in [1.29, 1.82) is 0 Å². The van der Waals surface area contributed by atoms with Gasteiger partial charge in [0.2, 0.25) is 0 Å². The van der Waals surface area contributed by atoms with Gasteiger partial charge in [0.05, 0.1) is 24.4 Å². The van der Waals surface area contributed by atoms with Gasteiger partial charge < -0.3 is 30.3 Å². The van der Waals surface area contributed by atoms with Crippen molar-refractivity contribution in [3.8, 4) is 0 Å². The number of carbonyl (C=O) groups is 2. The first-order valence-corrected chi connectivity index (χ1v) is 15.4. The maximum atomic E-state index is 12.3. The van der Waals surface area contributed by atoms with Crippen LogP contribution in [0.15, 0.2) is 102 Å². The first kappa shape index (κ1) is 31.2. The summed E-state index contributed by atoms with van der Waals surface area (Å²) in [7, 11) is 0. The zero-order valence-corrected chi connectivity index (χ0v) is 25.1. The Morgan fingerprint density at radius 2 is 1.45 bits per heavy atom.